The number of halogens is 3. The second-order valence-corrected chi connectivity index (χ2v) is 8.73. The number of fused-ring (bicyclic) bond motifs is 1. The van der Waals surface area contributed by atoms with E-state index in [1.165, 1.54) is 12.0 Å². The third kappa shape index (κ3) is 4.28. The molecule has 0 bridgehead atoms. The molecule has 0 atom stereocenters. The first-order valence-electron chi connectivity index (χ1n) is 8.64. The van der Waals surface area contributed by atoms with Crippen molar-refractivity contribution in [2.75, 3.05) is 13.4 Å². The fourth-order valence-electron chi connectivity index (χ4n) is 3.08. The van der Waals surface area contributed by atoms with Crippen LogP contribution in [-0.4, -0.2) is 38.8 Å². The molecule has 0 N–H and O–H groups in total. The fraction of sp³-hybridized carbons (Fsp3) is 0.250. The molecule has 10 heteroatoms. The molecular formula is C20H18F3NO5S. The zero-order valence-corrected chi connectivity index (χ0v) is 16.9. The number of benzene rings is 2. The van der Waals surface area contributed by atoms with Crippen molar-refractivity contribution >= 4 is 15.7 Å². The van der Waals surface area contributed by atoms with Crippen LogP contribution in [0.5, 0.6) is 11.5 Å². The number of nitrogens with zero attached hydrogens (tertiary/aromatic N) is 1. The van der Waals surface area contributed by atoms with E-state index in [4.69, 9.17) is 9.47 Å². The number of carbonyl (C=O) groups excluding carboxylic acids is 1. The van der Waals surface area contributed by atoms with Crippen LogP contribution in [0.15, 0.2) is 53.6 Å². The van der Waals surface area contributed by atoms with Crippen LogP contribution in [0.2, 0.25) is 0 Å². The quantitative estimate of drug-likeness (QED) is 0.662. The van der Waals surface area contributed by atoms with Gasteiger partial charge in [0.1, 0.15) is 11.5 Å². The van der Waals surface area contributed by atoms with Gasteiger partial charge in [-0.3, -0.25) is 4.79 Å². The van der Waals surface area contributed by atoms with Crippen LogP contribution in [0.25, 0.3) is 0 Å². The maximum atomic E-state index is 13.1. The van der Waals surface area contributed by atoms with Crippen molar-refractivity contribution in [2.24, 2.45) is 0 Å². The van der Waals surface area contributed by atoms with Crippen LogP contribution >= 0.6 is 0 Å². The summed E-state index contributed by atoms with van der Waals surface area (Å²) in [5.74, 6) is -2.05. The molecule has 0 spiro atoms. The Bertz CT molecular complexity index is 1130. The Labute approximate surface area is 171 Å². The van der Waals surface area contributed by atoms with Gasteiger partial charge >= 0.3 is 6.18 Å². The van der Waals surface area contributed by atoms with Crippen molar-refractivity contribution in [3.8, 4) is 11.5 Å². The average molecular weight is 441 g/mol. The lowest BCUT2D eigenvalue weighted by Crippen LogP contribution is -2.26. The number of hydrogen-bond acceptors (Lipinski definition) is 5. The zero-order chi connectivity index (χ0) is 22.3. The number of rotatable bonds is 5. The highest BCUT2D eigenvalue weighted by atomic mass is 32.2. The summed E-state index contributed by atoms with van der Waals surface area (Å²) in [7, 11) is -2.22. The van der Waals surface area contributed by atoms with E-state index in [0.29, 0.717) is 5.75 Å². The summed E-state index contributed by atoms with van der Waals surface area (Å²) in [5, 5.41) is 0. The Morgan fingerprint density at radius 1 is 1.13 bits per heavy atom. The number of methoxy groups -OCH3 is 1. The van der Waals surface area contributed by atoms with Gasteiger partial charge in [0.15, 0.2) is 9.84 Å². The number of amides is 1. The van der Waals surface area contributed by atoms with Crippen LogP contribution in [0.4, 0.5) is 13.2 Å². The van der Waals surface area contributed by atoms with Gasteiger partial charge in [-0.1, -0.05) is 18.7 Å². The molecule has 1 aliphatic heterocycles. The number of allylic oxidation sites excluding steroid dienone is 1. The van der Waals surface area contributed by atoms with E-state index in [-0.39, 0.29) is 23.5 Å². The van der Waals surface area contributed by atoms with Crippen LogP contribution in [0.3, 0.4) is 0 Å². The van der Waals surface area contributed by atoms with E-state index in [1.54, 1.807) is 18.2 Å². The van der Waals surface area contributed by atoms with E-state index in [2.05, 4.69) is 6.58 Å². The summed E-state index contributed by atoms with van der Waals surface area (Å²) in [6.07, 6.45) is -3.91. The molecule has 0 unspecified atom stereocenters. The van der Waals surface area contributed by atoms with Gasteiger partial charge in [-0.05, 0) is 29.8 Å². The van der Waals surface area contributed by atoms with Gasteiger partial charge in [0, 0.05) is 18.4 Å². The van der Waals surface area contributed by atoms with E-state index in [0.717, 1.165) is 35.6 Å². The molecule has 1 heterocycles. The minimum atomic E-state index is -4.84. The highest BCUT2D eigenvalue weighted by molar-refractivity contribution is 7.90. The first-order chi connectivity index (χ1) is 13.9. The number of sulfone groups is 1. The molecule has 0 radical (unpaired) electrons. The zero-order valence-electron chi connectivity index (χ0n) is 16.1. The normalized spacial score (nSPS) is 13.7. The van der Waals surface area contributed by atoms with Gasteiger partial charge in [-0.15, -0.1) is 0 Å². The maximum absolute atomic E-state index is 13.1. The molecule has 2 aromatic carbocycles. The largest absolute Gasteiger partial charge is 0.496 e. The molecule has 1 amide bonds. The molecule has 30 heavy (non-hydrogen) atoms. The highest BCUT2D eigenvalue weighted by Crippen LogP contribution is 2.35. The Morgan fingerprint density at radius 3 is 2.43 bits per heavy atom. The molecule has 160 valence electrons. The smallest absolute Gasteiger partial charge is 0.448 e. The van der Waals surface area contributed by atoms with Gasteiger partial charge < -0.3 is 14.4 Å². The number of ether oxygens (including phenoxy) is 2. The van der Waals surface area contributed by atoms with Crippen LogP contribution < -0.4 is 9.47 Å². The number of carbonyl (C=O) groups is 1. The molecule has 0 saturated heterocycles. The first-order valence-corrected chi connectivity index (χ1v) is 10.5. The molecule has 2 aromatic rings. The second-order valence-electron chi connectivity index (χ2n) is 6.71. The highest BCUT2D eigenvalue weighted by Gasteiger charge is 2.36. The summed E-state index contributed by atoms with van der Waals surface area (Å²) < 4.78 is 72.5. The van der Waals surface area contributed by atoms with Crippen molar-refractivity contribution in [3.63, 3.8) is 0 Å². The third-order valence-corrected chi connectivity index (χ3v) is 5.72. The standard InChI is InChI=1S/C20H18F3NO5S/c1-12(20(21,22)23)29-18-8-7-14(30(3,26)27)9-15(18)19(25)24-10-13-5-4-6-17(28-2)16(13)11-24/h4-9H,1,10-11H2,2-3H3. The predicted molar refractivity (Wildman–Crippen MR) is 102 cm³/mol. The summed E-state index contributed by atoms with van der Waals surface area (Å²) in [4.78, 5) is 14.3. The summed E-state index contributed by atoms with van der Waals surface area (Å²) in [6.45, 7) is 3.18. The van der Waals surface area contributed by atoms with Crippen LogP contribution in [0.1, 0.15) is 21.5 Å². The number of hydrogen-bond donors (Lipinski definition) is 0. The van der Waals surface area contributed by atoms with Crippen molar-refractivity contribution in [1.82, 2.24) is 4.90 Å². The van der Waals surface area contributed by atoms with Crippen molar-refractivity contribution in [2.45, 2.75) is 24.2 Å². The summed E-state index contributed by atoms with van der Waals surface area (Å²) in [6, 6.07) is 8.41. The summed E-state index contributed by atoms with van der Waals surface area (Å²) in [5.41, 5.74) is 1.29. The van der Waals surface area contributed by atoms with E-state index in [9.17, 15) is 26.4 Å². The van der Waals surface area contributed by atoms with Crippen molar-refractivity contribution in [1.29, 1.82) is 0 Å². The first kappa shape index (κ1) is 21.7. The lowest BCUT2D eigenvalue weighted by Gasteiger charge is -2.20. The van der Waals surface area contributed by atoms with E-state index < -0.39 is 33.4 Å². The van der Waals surface area contributed by atoms with Crippen LogP contribution in [0, 0.1) is 0 Å². The SMILES string of the molecule is C=C(Oc1ccc(S(C)(=O)=O)cc1C(=O)N1Cc2cccc(OC)c2C1)C(F)(F)F. The lowest BCUT2D eigenvalue weighted by molar-refractivity contribution is -0.115. The molecule has 0 saturated carbocycles. The molecule has 6 nitrogen and oxygen atoms in total. The number of alkyl halides is 3. The predicted octanol–water partition coefficient (Wildman–Crippen LogP) is 3.71. The van der Waals surface area contributed by atoms with Gasteiger partial charge in [-0.25, -0.2) is 8.42 Å². The van der Waals surface area contributed by atoms with Gasteiger partial charge in [0.2, 0.25) is 5.76 Å². The Morgan fingerprint density at radius 2 is 1.83 bits per heavy atom. The molecule has 1 aliphatic rings. The maximum Gasteiger partial charge on any atom is 0.448 e. The van der Waals surface area contributed by atoms with Gasteiger partial charge in [-0.2, -0.15) is 13.2 Å². The molecule has 0 aromatic heterocycles. The Hall–Kier alpha value is -3.01. The van der Waals surface area contributed by atoms with E-state index >= 15 is 0 Å². The topological polar surface area (TPSA) is 72.9 Å². The monoisotopic (exact) mass is 441 g/mol. The van der Waals surface area contributed by atoms with Crippen molar-refractivity contribution in [3.05, 3.63) is 65.4 Å². The van der Waals surface area contributed by atoms with Gasteiger partial charge in [0.05, 0.1) is 24.1 Å². The van der Waals surface area contributed by atoms with E-state index in [1.807, 2.05) is 0 Å². The minimum absolute atomic E-state index is 0.154. The molecule has 0 fully saturated rings. The Balaban J connectivity index is 2.00. The molecule has 0 aliphatic carbocycles. The summed E-state index contributed by atoms with van der Waals surface area (Å²) >= 11 is 0. The minimum Gasteiger partial charge on any atom is -0.496 e. The van der Waals surface area contributed by atoms with Crippen LogP contribution in [-0.2, 0) is 22.9 Å². The second kappa shape index (κ2) is 7.67. The Kier molecular flexibility index (Phi) is 5.55. The molecule has 3 rings (SSSR count). The average Bonchev–Trinajstić information content (AvgIpc) is 3.10. The third-order valence-electron chi connectivity index (χ3n) is 4.61. The lowest BCUT2D eigenvalue weighted by atomic mass is 10.1. The van der Waals surface area contributed by atoms with Crippen molar-refractivity contribution < 1.29 is 35.9 Å². The van der Waals surface area contributed by atoms with Gasteiger partial charge in [0.25, 0.3) is 5.91 Å². The fourth-order valence-corrected chi connectivity index (χ4v) is 3.73. The molecular weight excluding hydrogens is 423 g/mol.